The highest BCUT2D eigenvalue weighted by Gasteiger charge is 2.43. The Hall–Kier alpha value is -0.800. The van der Waals surface area contributed by atoms with Gasteiger partial charge in [-0.25, -0.2) is 0 Å². The van der Waals surface area contributed by atoms with Crippen molar-refractivity contribution in [2.24, 2.45) is 0 Å². The fourth-order valence-electron chi connectivity index (χ4n) is 2.33. The minimum absolute atomic E-state index is 0.0400. The van der Waals surface area contributed by atoms with Crippen LogP contribution >= 0.6 is 0 Å². The second-order valence-corrected chi connectivity index (χ2v) is 4.05. The topological polar surface area (TPSA) is 53.6 Å². The van der Waals surface area contributed by atoms with Crippen molar-refractivity contribution in [3.63, 3.8) is 0 Å². The Morgan fingerprint density at radius 1 is 1.50 bits per heavy atom. The first-order chi connectivity index (χ1) is 6.79. The molecule has 1 aromatic heterocycles. The van der Waals surface area contributed by atoms with Crippen LogP contribution in [0.1, 0.15) is 31.4 Å². The monoisotopic (exact) mass is 196 g/mol. The van der Waals surface area contributed by atoms with Gasteiger partial charge in [0, 0.05) is 0 Å². The first kappa shape index (κ1) is 9.74. The molecule has 0 saturated heterocycles. The lowest BCUT2D eigenvalue weighted by Gasteiger charge is -2.38. The van der Waals surface area contributed by atoms with Crippen LogP contribution in [-0.4, -0.2) is 22.9 Å². The number of aliphatic hydroxyl groups excluding tert-OH is 2. The highest BCUT2D eigenvalue weighted by atomic mass is 16.3. The molecule has 0 radical (unpaired) electrons. The standard InChI is InChI=1S/C11H16O3/c12-8-11(10-5-3-7-14-10)6-2-1-4-9(11)13/h3,5,7,9,12-13H,1-2,4,6,8H2/t9-,11-/m0/s1. The van der Waals surface area contributed by atoms with Crippen LogP contribution in [0.15, 0.2) is 22.8 Å². The van der Waals surface area contributed by atoms with Crippen LogP contribution in [0.3, 0.4) is 0 Å². The van der Waals surface area contributed by atoms with E-state index in [-0.39, 0.29) is 6.61 Å². The fourth-order valence-corrected chi connectivity index (χ4v) is 2.33. The van der Waals surface area contributed by atoms with E-state index in [0.717, 1.165) is 25.7 Å². The van der Waals surface area contributed by atoms with E-state index in [2.05, 4.69) is 0 Å². The van der Waals surface area contributed by atoms with Gasteiger partial charge in [-0.15, -0.1) is 0 Å². The van der Waals surface area contributed by atoms with Crippen molar-refractivity contribution >= 4 is 0 Å². The van der Waals surface area contributed by atoms with Gasteiger partial charge in [-0.05, 0) is 25.0 Å². The molecule has 1 aliphatic carbocycles. The molecule has 0 aliphatic heterocycles. The van der Waals surface area contributed by atoms with Crippen molar-refractivity contribution in [3.8, 4) is 0 Å². The molecule has 14 heavy (non-hydrogen) atoms. The van der Waals surface area contributed by atoms with Crippen LogP contribution in [-0.2, 0) is 5.41 Å². The zero-order chi connectivity index (χ0) is 10.0. The van der Waals surface area contributed by atoms with Crippen LogP contribution in [0.4, 0.5) is 0 Å². The Kier molecular flexibility index (Phi) is 2.61. The molecule has 1 saturated carbocycles. The SMILES string of the molecule is OC[C@@]1(c2ccco2)CCCC[C@@H]1O. The Balaban J connectivity index is 2.32. The van der Waals surface area contributed by atoms with Crippen molar-refractivity contribution < 1.29 is 14.6 Å². The minimum Gasteiger partial charge on any atom is -0.469 e. The van der Waals surface area contributed by atoms with Crippen LogP contribution in [0.5, 0.6) is 0 Å². The maximum Gasteiger partial charge on any atom is 0.114 e. The summed E-state index contributed by atoms with van der Waals surface area (Å²) in [6.45, 7) is -0.0400. The number of furan rings is 1. The lowest BCUT2D eigenvalue weighted by Crippen LogP contribution is -2.45. The zero-order valence-electron chi connectivity index (χ0n) is 8.15. The Labute approximate surface area is 83.4 Å². The van der Waals surface area contributed by atoms with E-state index >= 15 is 0 Å². The van der Waals surface area contributed by atoms with E-state index < -0.39 is 11.5 Å². The Bertz CT molecular complexity index is 281. The molecule has 2 atom stereocenters. The lowest BCUT2D eigenvalue weighted by molar-refractivity contribution is -0.00522. The molecule has 3 heteroatoms. The predicted octanol–water partition coefficient (Wildman–Crippen LogP) is 1.44. The van der Waals surface area contributed by atoms with Crippen LogP contribution in [0.2, 0.25) is 0 Å². The van der Waals surface area contributed by atoms with Crippen molar-refractivity contribution in [1.29, 1.82) is 0 Å². The summed E-state index contributed by atoms with van der Waals surface area (Å²) in [6.07, 6.45) is 4.74. The van der Waals surface area contributed by atoms with Gasteiger partial charge in [-0.1, -0.05) is 12.8 Å². The van der Waals surface area contributed by atoms with E-state index in [1.165, 1.54) is 0 Å². The van der Waals surface area contributed by atoms with E-state index in [1.807, 2.05) is 6.07 Å². The first-order valence-corrected chi connectivity index (χ1v) is 5.12. The van der Waals surface area contributed by atoms with E-state index in [9.17, 15) is 10.2 Å². The van der Waals surface area contributed by atoms with Gasteiger partial charge in [0.25, 0.3) is 0 Å². The molecule has 2 N–H and O–H groups in total. The maximum atomic E-state index is 9.97. The number of hydrogen-bond donors (Lipinski definition) is 2. The highest BCUT2D eigenvalue weighted by Crippen LogP contribution is 2.39. The van der Waals surface area contributed by atoms with E-state index in [1.54, 1.807) is 12.3 Å². The summed E-state index contributed by atoms with van der Waals surface area (Å²) in [4.78, 5) is 0. The van der Waals surface area contributed by atoms with Crippen LogP contribution in [0, 0.1) is 0 Å². The third-order valence-corrected chi connectivity index (χ3v) is 3.28. The third kappa shape index (κ3) is 1.37. The van der Waals surface area contributed by atoms with Crippen LogP contribution in [0.25, 0.3) is 0 Å². The summed E-state index contributed by atoms with van der Waals surface area (Å²) in [5.41, 5.74) is -0.554. The van der Waals surface area contributed by atoms with Crippen molar-refractivity contribution in [3.05, 3.63) is 24.2 Å². The van der Waals surface area contributed by atoms with Gasteiger partial charge in [-0.3, -0.25) is 0 Å². The Morgan fingerprint density at radius 3 is 2.93 bits per heavy atom. The Morgan fingerprint density at radius 2 is 2.36 bits per heavy atom. The normalized spacial score (nSPS) is 33.1. The summed E-state index contributed by atoms with van der Waals surface area (Å²) in [6, 6.07) is 3.64. The average molecular weight is 196 g/mol. The molecule has 78 valence electrons. The largest absolute Gasteiger partial charge is 0.469 e. The predicted molar refractivity (Wildman–Crippen MR) is 51.9 cm³/mol. The smallest absolute Gasteiger partial charge is 0.114 e. The minimum atomic E-state index is -0.554. The molecule has 0 bridgehead atoms. The van der Waals surface area contributed by atoms with Gasteiger partial charge in [0.1, 0.15) is 5.76 Å². The van der Waals surface area contributed by atoms with Gasteiger partial charge in [-0.2, -0.15) is 0 Å². The highest BCUT2D eigenvalue weighted by molar-refractivity contribution is 5.18. The van der Waals surface area contributed by atoms with Gasteiger partial charge < -0.3 is 14.6 Å². The van der Waals surface area contributed by atoms with Gasteiger partial charge in [0.2, 0.25) is 0 Å². The first-order valence-electron chi connectivity index (χ1n) is 5.12. The number of hydrogen-bond acceptors (Lipinski definition) is 3. The maximum absolute atomic E-state index is 9.97. The molecule has 1 heterocycles. The van der Waals surface area contributed by atoms with Crippen molar-refractivity contribution in [2.75, 3.05) is 6.61 Å². The zero-order valence-corrected chi connectivity index (χ0v) is 8.15. The average Bonchev–Trinajstić information content (AvgIpc) is 2.72. The van der Waals surface area contributed by atoms with Gasteiger partial charge in [0.05, 0.1) is 24.4 Å². The van der Waals surface area contributed by atoms with E-state index in [0.29, 0.717) is 5.76 Å². The molecule has 1 fully saturated rings. The third-order valence-electron chi connectivity index (χ3n) is 3.28. The summed E-state index contributed by atoms with van der Waals surface area (Å²) in [5.74, 6) is 0.715. The summed E-state index contributed by atoms with van der Waals surface area (Å²) < 4.78 is 5.32. The van der Waals surface area contributed by atoms with Crippen molar-refractivity contribution in [1.82, 2.24) is 0 Å². The molecule has 0 unspecified atom stereocenters. The summed E-state index contributed by atoms with van der Waals surface area (Å²) in [5, 5.41) is 19.4. The molecular formula is C11H16O3. The summed E-state index contributed by atoms with van der Waals surface area (Å²) >= 11 is 0. The molecule has 2 rings (SSSR count). The van der Waals surface area contributed by atoms with E-state index in [4.69, 9.17) is 4.42 Å². The van der Waals surface area contributed by atoms with Crippen LogP contribution < -0.4 is 0 Å². The van der Waals surface area contributed by atoms with Crippen molar-refractivity contribution in [2.45, 2.75) is 37.2 Å². The number of aliphatic hydroxyl groups is 2. The molecule has 0 amide bonds. The molecule has 0 spiro atoms. The van der Waals surface area contributed by atoms with Gasteiger partial charge in [0.15, 0.2) is 0 Å². The lowest BCUT2D eigenvalue weighted by atomic mass is 9.71. The molecule has 0 aromatic carbocycles. The quantitative estimate of drug-likeness (QED) is 0.752. The second kappa shape index (κ2) is 3.75. The molecule has 1 aliphatic rings. The number of rotatable bonds is 2. The second-order valence-electron chi connectivity index (χ2n) is 4.05. The molecule has 1 aromatic rings. The molecular weight excluding hydrogens is 180 g/mol. The summed E-state index contributed by atoms with van der Waals surface area (Å²) in [7, 11) is 0. The van der Waals surface area contributed by atoms with Gasteiger partial charge >= 0.3 is 0 Å². The molecule has 3 nitrogen and oxygen atoms in total. The fraction of sp³-hybridized carbons (Fsp3) is 0.636.